The predicted octanol–water partition coefficient (Wildman–Crippen LogP) is 14.7. The number of fused-ring (bicyclic) bond motifs is 13. The summed E-state index contributed by atoms with van der Waals surface area (Å²) in [5, 5.41) is 102. The van der Waals surface area contributed by atoms with Gasteiger partial charge in [0.2, 0.25) is 5.89 Å². The topological polar surface area (TPSA) is 260 Å². The fourth-order valence-corrected chi connectivity index (χ4v) is 12.5. The maximum atomic E-state index is 12.7. The first-order chi connectivity index (χ1) is 41.7. The molecule has 15 nitrogen and oxygen atoms in total. The van der Waals surface area contributed by atoms with Gasteiger partial charge in [0, 0.05) is 43.1 Å². The highest BCUT2D eigenvalue weighted by molar-refractivity contribution is 6.18. The minimum Gasteiger partial charge on any atom is -0.436 e. The molecule has 15 heteroatoms. The van der Waals surface area contributed by atoms with Crippen LogP contribution in [0.3, 0.4) is 0 Å². The van der Waals surface area contributed by atoms with Crippen LogP contribution in [-0.2, 0) is 0 Å². The summed E-state index contributed by atoms with van der Waals surface area (Å²) < 4.78 is 15.0. The van der Waals surface area contributed by atoms with E-state index >= 15 is 0 Å². The predicted molar refractivity (Wildman–Crippen MR) is 319 cm³/mol. The van der Waals surface area contributed by atoms with E-state index in [-0.39, 0.29) is 22.7 Å². The normalized spacial score (nSPS) is 11.2. The van der Waals surface area contributed by atoms with E-state index in [0.717, 1.165) is 0 Å². The summed E-state index contributed by atoms with van der Waals surface area (Å²) >= 11 is 0. The van der Waals surface area contributed by atoms with Gasteiger partial charge in [0.15, 0.2) is 5.58 Å². The van der Waals surface area contributed by atoms with Gasteiger partial charge in [0.1, 0.15) is 11.6 Å². The molecule has 0 aliphatic carbocycles. The van der Waals surface area contributed by atoms with Crippen LogP contribution >= 0.6 is 0 Å². The van der Waals surface area contributed by atoms with Gasteiger partial charge < -0.3 is 22.7 Å². The molecule has 0 fully saturated rings. The molecule has 0 radical (unpaired) electrons. The van der Waals surface area contributed by atoms with Crippen molar-refractivity contribution < 1.29 is 4.42 Å². The lowest BCUT2D eigenvalue weighted by molar-refractivity contribution is 0.619. The summed E-state index contributed by atoms with van der Waals surface area (Å²) in [6.07, 6.45) is 0. The van der Waals surface area contributed by atoms with Crippen LogP contribution in [0.5, 0.6) is 0 Å². The monoisotopic (exact) mass is 1080 g/mol. The van der Waals surface area contributed by atoms with Gasteiger partial charge in [0.05, 0.1) is 171 Å². The molecule has 0 atom stereocenters. The Morgan fingerprint density at radius 2 is 0.541 bits per heavy atom. The molecule has 0 unspecified atom stereocenters. The number of rotatable bonds is 5. The summed E-state index contributed by atoms with van der Waals surface area (Å²) in [7, 11) is 0. The molecule has 15 rings (SSSR count). The van der Waals surface area contributed by atoms with E-state index in [2.05, 4.69) is 54.6 Å². The number of para-hydroxylation sites is 2. The molecule has 0 saturated heterocycles. The van der Waals surface area contributed by atoms with E-state index in [1.54, 1.807) is 109 Å². The lowest BCUT2D eigenvalue weighted by Crippen LogP contribution is -2.17. The van der Waals surface area contributed by atoms with Crippen molar-refractivity contribution in [1.29, 1.82) is 47.4 Å². The third-order valence-electron chi connectivity index (χ3n) is 16.0. The third-order valence-corrected chi connectivity index (χ3v) is 16.0. The summed E-state index contributed by atoms with van der Waals surface area (Å²) in [5.41, 5.74) is 9.50. The van der Waals surface area contributed by atoms with Crippen LogP contribution < -0.4 is 0 Å². The summed E-state index contributed by atoms with van der Waals surface area (Å²) in [5.74, 6) is 0.0252. The van der Waals surface area contributed by atoms with Gasteiger partial charge in [-0.2, -0.15) is 47.4 Å². The molecule has 384 valence electrons. The molecule has 0 saturated carbocycles. The SMILES string of the molecule is N#Cc1ccc2c(c1)c1cc(C#N)ccc1n2-c1c(C#N)c(-c2nc3ccccc3o2)c(-n2c3ccc(C#N)cc3c3cc(C#N)ccc32)c(-n2c3ccc(C#N)cc3c3cc(C#N)ccc32)c1-n1c2ccc(C#N)cc2c2cc(C#N)ccc21. The zero-order valence-corrected chi connectivity index (χ0v) is 43.8. The van der Waals surface area contributed by atoms with Gasteiger partial charge in [-0.05, 0) is 158 Å². The first-order valence-corrected chi connectivity index (χ1v) is 26.3. The molecule has 15 aromatic rings. The minimum absolute atomic E-state index is 0.0252. The average molecular weight is 1080 g/mol. The quantitative estimate of drug-likeness (QED) is 0.156. The molecule has 0 bridgehead atoms. The van der Waals surface area contributed by atoms with Crippen molar-refractivity contribution in [2.75, 3.05) is 0 Å². The zero-order valence-electron chi connectivity index (χ0n) is 43.8. The molecule has 0 N–H and O–H groups in total. The van der Waals surface area contributed by atoms with Crippen LogP contribution in [0.1, 0.15) is 50.1 Å². The van der Waals surface area contributed by atoms with Gasteiger partial charge in [-0.15, -0.1) is 0 Å². The molecule has 0 spiro atoms. The smallest absolute Gasteiger partial charge is 0.230 e. The molecule has 85 heavy (non-hydrogen) atoms. The molecular weight excluding hydrogens is 1050 g/mol. The molecule has 0 aliphatic rings. The van der Waals surface area contributed by atoms with Crippen LogP contribution in [0.2, 0.25) is 0 Å². The standard InChI is InChI=1S/C70H28N14O/c71-29-38-5-13-56-46(21-38)47-22-39(30-72)6-14-57(47)81(56)66-54(37-79)65(70-80-55-3-1-2-4-64(55)85-70)67(82-58-15-7-40(31-73)23-48(58)49-24-41(32-74)8-16-59(49)82)69(84-62-19-11-44(35-77)27-52(62)53-28-45(36-78)12-20-63(53)84)68(66)83-60-17-9-42(33-75)25-50(60)51-26-43(34-76)10-18-61(51)83/h1-28H. The van der Waals surface area contributed by atoms with Gasteiger partial charge in [-0.1, -0.05) is 12.1 Å². The van der Waals surface area contributed by atoms with E-state index in [1.807, 2.05) is 78.9 Å². The molecule has 10 aromatic carbocycles. The fourth-order valence-electron chi connectivity index (χ4n) is 12.5. The van der Waals surface area contributed by atoms with E-state index in [4.69, 9.17) is 9.40 Å². The highest BCUT2D eigenvalue weighted by Crippen LogP contribution is 2.52. The van der Waals surface area contributed by atoms with Crippen LogP contribution in [0, 0.1) is 102 Å². The second kappa shape index (κ2) is 18.2. The van der Waals surface area contributed by atoms with E-state index in [9.17, 15) is 47.4 Å². The lowest BCUT2D eigenvalue weighted by atomic mass is 9.97. The van der Waals surface area contributed by atoms with Gasteiger partial charge in [-0.25, -0.2) is 4.98 Å². The average Bonchev–Trinajstić information content (AvgIpc) is 1.62. The Kier molecular flexibility index (Phi) is 10.3. The number of aromatic nitrogens is 5. The molecule has 5 aromatic heterocycles. The van der Waals surface area contributed by atoms with Crippen molar-refractivity contribution in [2.24, 2.45) is 0 Å². The number of oxazole rings is 1. The summed E-state index contributed by atoms with van der Waals surface area (Å²) in [6, 6.07) is 70.6. The van der Waals surface area contributed by atoms with Crippen molar-refractivity contribution in [3.63, 3.8) is 0 Å². The van der Waals surface area contributed by atoms with E-state index in [0.29, 0.717) is 160 Å². The summed E-state index contributed by atoms with van der Waals surface area (Å²) in [6.45, 7) is 0. The third kappa shape index (κ3) is 6.81. The maximum Gasteiger partial charge on any atom is 0.230 e. The van der Waals surface area contributed by atoms with Crippen molar-refractivity contribution in [3.8, 4) is 88.8 Å². The first kappa shape index (κ1) is 48.4. The second-order valence-electron chi connectivity index (χ2n) is 20.3. The number of nitriles is 9. The van der Waals surface area contributed by atoms with Crippen LogP contribution in [-0.4, -0.2) is 23.3 Å². The Balaban J connectivity index is 1.34. The zero-order chi connectivity index (χ0) is 57.9. The largest absolute Gasteiger partial charge is 0.436 e. The maximum absolute atomic E-state index is 12.7. The van der Waals surface area contributed by atoms with Gasteiger partial charge >= 0.3 is 0 Å². The number of hydrogen-bond acceptors (Lipinski definition) is 11. The van der Waals surface area contributed by atoms with Crippen molar-refractivity contribution >= 4 is 98.3 Å². The molecular formula is C70H28N14O. The summed E-state index contributed by atoms with van der Waals surface area (Å²) in [4.78, 5) is 5.24. The van der Waals surface area contributed by atoms with Crippen LogP contribution in [0.15, 0.2) is 174 Å². The molecule has 0 aliphatic heterocycles. The number of hydrogen-bond donors (Lipinski definition) is 0. The van der Waals surface area contributed by atoms with Gasteiger partial charge in [0.25, 0.3) is 0 Å². The highest BCUT2D eigenvalue weighted by Gasteiger charge is 2.37. The van der Waals surface area contributed by atoms with Crippen molar-refractivity contribution in [1.82, 2.24) is 23.3 Å². The molecule has 0 amide bonds. The first-order valence-electron chi connectivity index (χ1n) is 26.3. The van der Waals surface area contributed by atoms with Crippen LogP contribution in [0.25, 0.3) is 133 Å². The lowest BCUT2D eigenvalue weighted by Gasteiger charge is -2.28. The highest BCUT2D eigenvalue weighted by atomic mass is 16.3. The Bertz CT molecular complexity index is 5730. The Labute approximate surface area is 479 Å². The minimum atomic E-state index is 0.0252. The Morgan fingerprint density at radius 3 is 0.812 bits per heavy atom. The molecule has 5 heterocycles. The van der Waals surface area contributed by atoms with E-state index in [1.165, 1.54) is 0 Å². The Hall–Kier alpha value is -13.7. The van der Waals surface area contributed by atoms with E-state index < -0.39 is 0 Å². The number of nitrogens with zero attached hydrogens (tertiary/aromatic N) is 14. The number of benzene rings is 10. The second-order valence-corrected chi connectivity index (χ2v) is 20.3. The van der Waals surface area contributed by atoms with Crippen LogP contribution in [0.4, 0.5) is 0 Å². The Morgan fingerprint density at radius 1 is 0.282 bits per heavy atom. The van der Waals surface area contributed by atoms with Crippen molar-refractivity contribution in [3.05, 3.63) is 220 Å². The fraction of sp³-hybridized carbons (Fsp3) is 0. The van der Waals surface area contributed by atoms with Crippen molar-refractivity contribution in [2.45, 2.75) is 0 Å². The van der Waals surface area contributed by atoms with Gasteiger partial charge in [-0.3, -0.25) is 0 Å².